The molecule has 2 nitrogen and oxygen atoms in total. The number of hydrogen-bond acceptors (Lipinski definition) is 2. The van der Waals surface area contributed by atoms with Crippen molar-refractivity contribution in [1.82, 2.24) is 4.67 Å². The van der Waals surface area contributed by atoms with Gasteiger partial charge in [0.15, 0.2) is 6.42 Å². The van der Waals surface area contributed by atoms with Gasteiger partial charge in [-0.1, -0.05) is 30.3 Å². The molecule has 0 N–H and O–H groups in total. The van der Waals surface area contributed by atoms with E-state index in [0.29, 0.717) is 0 Å². The van der Waals surface area contributed by atoms with Gasteiger partial charge in [-0.15, -0.1) is 0 Å². The molecular formula is C9H12NOPS. The average Bonchev–Trinajstić information content (AvgIpc) is 2.50. The van der Waals surface area contributed by atoms with Gasteiger partial charge in [-0.2, -0.15) is 0 Å². The zero-order chi connectivity index (χ0) is 9.31. The quantitative estimate of drug-likeness (QED) is 0.657. The summed E-state index contributed by atoms with van der Waals surface area (Å²) in [6.07, 6.45) is -1.85. The molecule has 4 heteroatoms. The molecule has 0 spiro atoms. The van der Waals surface area contributed by atoms with E-state index in [4.69, 9.17) is 16.3 Å². The Morgan fingerprint density at radius 1 is 1.38 bits per heavy atom. The van der Waals surface area contributed by atoms with Crippen molar-refractivity contribution in [2.24, 2.45) is 0 Å². The van der Waals surface area contributed by atoms with Crippen molar-refractivity contribution in [2.45, 2.75) is 0 Å². The van der Waals surface area contributed by atoms with E-state index in [1.807, 2.05) is 25.2 Å². The van der Waals surface area contributed by atoms with Crippen molar-refractivity contribution < 1.29 is 4.52 Å². The number of rotatable bonds is 1. The summed E-state index contributed by atoms with van der Waals surface area (Å²) in [6.45, 7) is 1.72. The normalized spacial score (nSPS) is 29.3. The molecule has 1 aliphatic rings. The second kappa shape index (κ2) is 3.50. The van der Waals surface area contributed by atoms with Crippen molar-refractivity contribution >= 4 is 23.5 Å². The molecular weight excluding hydrogens is 201 g/mol. The highest BCUT2D eigenvalue weighted by Crippen LogP contribution is 2.52. The number of hydrogen-bond donors (Lipinski definition) is 0. The maximum Gasteiger partial charge on any atom is 0.161 e. The van der Waals surface area contributed by atoms with Crippen LogP contribution in [0.4, 0.5) is 0 Å². The first-order valence-electron chi connectivity index (χ1n) is 4.25. The number of nitrogens with zero attached hydrogens (tertiary/aromatic N) is 1. The lowest BCUT2D eigenvalue weighted by molar-refractivity contribution is 0.396. The Labute approximate surface area is 83.7 Å². The van der Waals surface area contributed by atoms with Crippen LogP contribution in [-0.4, -0.2) is 24.9 Å². The molecule has 0 bridgehead atoms. The van der Waals surface area contributed by atoms with E-state index in [-0.39, 0.29) is 0 Å². The summed E-state index contributed by atoms with van der Waals surface area (Å²) in [5.74, 6) is 0. The first-order valence-corrected chi connectivity index (χ1v) is 6.92. The van der Waals surface area contributed by atoms with Crippen LogP contribution in [0.25, 0.3) is 0 Å². The largest absolute Gasteiger partial charge is 0.333 e. The summed E-state index contributed by atoms with van der Waals surface area (Å²) in [6, 6.07) is 10.1. The topological polar surface area (TPSA) is 12.5 Å². The number of benzene rings is 1. The van der Waals surface area contributed by atoms with Crippen molar-refractivity contribution in [3.8, 4) is 0 Å². The molecule has 0 amide bonds. The van der Waals surface area contributed by atoms with Crippen LogP contribution in [0.5, 0.6) is 0 Å². The maximum absolute atomic E-state index is 5.69. The van der Waals surface area contributed by atoms with Crippen LogP contribution in [0.2, 0.25) is 0 Å². The summed E-state index contributed by atoms with van der Waals surface area (Å²) < 4.78 is 7.85. The maximum atomic E-state index is 5.69. The smallest absolute Gasteiger partial charge is 0.161 e. The third-order valence-electron chi connectivity index (χ3n) is 2.21. The Balaban J connectivity index is 2.40. The van der Waals surface area contributed by atoms with Gasteiger partial charge in [0.1, 0.15) is 0 Å². The Hall–Kier alpha value is -0.210. The lowest BCUT2D eigenvalue weighted by Crippen LogP contribution is -2.16. The van der Waals surface area contributed by atoms with Crippen LogP contribution in [0, 0.1) is 0 Å². The van der Waals surface area contributed by atoms with Gasteiger partial charge in [0, 0.05) is 11.8 Å². The summed E-state index contributed by atoms with van der Waals surface area (Å²) in [4.78, 5) is 0. The Kier molecular flexibility index (Phi) is 2.52. The third-order valence-corrected chi connectivity index (χ3v) is 6.58. The van der Waals surface area contributed by atoms with E-state index >= 15 is 0 Å². The first kappa shape index (κ1) is 9.35. The van der Waals surface area contributed by atoms with E-state index in [9.17, 15) is 0 Å². The molecule has 0 aromatic heterocycles. The van der Waals surface area contributed by atoms with E-state index in [2.05, 4.69) is 16.8 Å². The SMILES string of the molecule is CN1CCOP1(=S)c1ccccc1. The summed E-state index contributed by atoms with van der Waals surface area (Å²) in [7, 11) is 2.04. The summed E-state index contributed by atoms with van der Waals surface area (Å²) >= 11 is 5.57. The van der Waals surface area contributed by atoms with Crippen LogP contribution in [-0.2, 0) is 16.3 Å². The molecule has 1 heterocycles. The highest BCUT2D eigenvalue weighted by Gasteiger charge is 2.30. The Bertz CT molecular complexity index is 341. The predicted octanol–water partition coefficient (Wildman–Crippen LogP) is 1.58. The zero-order valence-electron chi connectivity index (χ0n) is 7.51. The van der Waals surface area contributed by atoms with Crippen LogP contribution >= 0.6 is 6.42 Å². The van der Waals surface area contributed by atoms with Gasteiger partial charge in [-0.3, -0.25) is 4.67 Å². The molecule has 1 saturated heterocycles. The van der Waals surface area contributed by atoms with E-state index in [0.717, 1.165) is 18.5 Å². The molecule has 1 aromatic rings. The molecule has 1 fully saturated rings. The van der Waals surface area contributed by atoms with E-state index in [1.165, 1.54) is 0 Å². The van der Waals surface area contributed by atoms with E-state index in [1.54, 1.807) is 0 Å². The molecule has 70 valence electrons. The molecule has 1 aliphatic heterocycles. The molecule has 1 atom stereocenters. The fraction of sp³-hybridized carbons (Fsp3) is 0.333. The molecule has 0 radical (unpaired) electrons. The molecule has 0 aliphatic carbocycles. The average molecular weight is 213 g/mol. The first-order chi connectivity index (χ1) is 6.23. The van der Waals surface area contributed by atoms with Crippen molar-refractivity contribution in [2.75, 3.05) is 20.2 Å². The minimum Gasteiger partial charge on any atom is -0.333 e. The summed E-state index contributed by atoms with van der Waals surface area (Å²) in [5, 5.41) is 1.16. The standard InChI is InChI=1S/C9H12NOPS/c1-10-7-8-11-12(10,13)9-5-3-2-4-6-9/h2-6H,7-8H2,1H3. The molecule has 13 heavy (non-hydrogen) atoms. The third kappa shape index (κ3) is 1.57. The van der Waals surface area contributed by atoms with Gasteiger partial charge in [0.2, 0.25) is 0 Å². The van der Waals surface area contributed by atoms with Gasteiger partial charge in [-0.05, 0) is 18.9 Å². The monoisotopic (exact) mass is 213 g/mol. The van der Waals surface area contributed by atoms with Crippen LogP contribution in [0.15, 0.2) is 30.3 Å². The lowest BCUT2D eigenvalue weighted by Gasteiger charge is -2.22. The number of likely N-dealkylation sites (N-methyl/N-ethyl adjacent to an activating group) is 1. The Morgan fingerprint density at radius 2 is 2.08 bits per heavy atom. The molecule has 1 aromatic carbocycles. The lowest BCUT2D eigenvalue weighted by atomic mass is 10.4. The highest BCUT2D eigenvalue weighted by molar-refractivity contribution is 8.14. The van der Waals surface area contributed by atoms with Crippen LogP contribution in [0.1, 0.15) is 0 Å². The zero-order valence-corrected chi connectivity index (χ0v) is 9.22. The highest BCUT2D eigenvalue weighted by atomic mass is 32.4. The van der Waals surface area contributed by atoms with E-state index < -0.39 is 6.42 Å². The van der Waals surface area contributed by atoms with Gasteiger partial charge < -0.3 is 4.52 Å². The van der Waals surface area contributed by atoms with Gasteiger partial charge >= 0.3 is 0 Å². The van der Waals surface area contributed by atoms with Gasteiger partial charge in [0.25, 0.3) is 0 Å². The van der Waals surface area contributed by atoms with Crippen molar-refractivity contribution in [1.29, 1.82) is 0 Å². The van der Waals surface area contributed by atoms with Gasteiger partial charge in [0.05, 0.1) is 6.61 Å². The molecule has 0 saturated carbocycles. The molecule has 1 unspecified atom stereocenters. The Morgan fingerprint density at radius 3 is 2.62 bits per heavy atom. The molecule has 2 rings (SSSR count). The fourth-order valence-corrected chi connectivity index (χ4v) is 4.21. The van der Waals surface area contributed by atoms with Crippen LogP contribution < -0.4 is 5.30 Å². The second-order valence-corrected chi connectivity index (χ2v) is 7.05. The van der Waals surface area contributed by atoms with Gasteiger partial charge in [-0.25, -0.2) is 0 Å². The van der Waals surface area contributed by atoms with Crippen LogP contribution in [0.3, 0.4) is 0 Å². The summed E-state index contributed by atoms with van der Waals surface area (Å²) in [5.41, 5.74) is 0. The fourth-order valence-electron chi connectivity index (χ4n) is 1.41. The second-order valence-electron chi connectivity index (χ2n) is 3.07. The predicted molar refractivity (Wildman–Crippen MR) is 58.9 cm³/mol. The van der Waals surface area contributed by atoms with Crippen molar-refractivity contribution in [3.05, 3.63) is 30.3 Å². The minimum absolute atomic E-state index is 0.767. The minimum atomic E-state index is -1.85. The van der Waals surface area contributed by atoms with Crippen molar-refractivity contribution in [3.63, 3.8) is 0 Å².